The molecule has 2 N–H and O–H groups in total. The Morgan fingerprint density at radius 2 is 2.05 bits per heavy atom. The first-order chi connectivity index (χ1) is 9.30. The van der Waals surface area contributed by atoms with E-state index in [1.807, 2.05) is 32.9 Å². The number of aryl methyl sites for hydroxylation is 1. The lowest BCUT2D eigenvalue weighted by Gasteiger charge is -2.12. The van der Waals surface area contributed by atoms with Crippen molar-refractivity contribution < 1.29 is 8.42 Å². The predicted octanol–water partition coefficient (Wildman–Crippen LogP) is 0.952. The summed E-state index contributed by atoms with van der Waals surface area (Å²) in [6.45, 7) is 6.28. The molecule has 0 atom stereocenters. The van der Waals surface area contributed by atoms with Gasteiger partial charge in [-0.05, 0) is 24.5 Å². The van der Waals surface area contributed by atoms with Gasteiger partial charge < -0.3 is 0 Å². The Kier molecular flexibility index (Phi) is 3.87. The lowest BCUT2D eigenvalue weighted by Crippen LogP contribution is -2.20. The van der Waals surface area contributed by atoms with Gasteiger partial charge >= 0.3 is 0 Å². The Hall–Kier alpha value is -1.80. The summed E-state index contributed by atoms with van der Waals surface area (Å²) in [7, 11) is -3.92. The van der Waals surface area contributed by atoms with Crippen molar-refractivity contribution in [1.82, 2.24) is 19.7 Å². The van der Waals surface area contributed by atoms with E-state index >= 15 is 0 Å². The molecule has 0 fully saturated rings. The fourth-order valence-electron chi connectivity index (χ4n) is 1.92. The van der Waals surface area contributed by atoms with Crippen molar-refractivity contribution in [3.05, 3.63) is 23.9 Å². The number of hydrogen-bond donors (Lipinski definition) is 1. The first-order valence-electron chi connectivity index (χ1n) is 6.18. The summed E-state index contributed by atoms with van der Waals surface area (Å²) in [5, 5.41) is 12.6. The van der Waals surface area contributed by atoms with Crippen LogP contribution < -0.4 is 5.14 Å². The molecule has 2 aromatic rings. The fourth-order valence-corrected chi connectivity index (χ4v) is 2.55. The lowest BCUT2D eigenvalue weighted by molar-refractivity contribution is 0.485. The molecule has 0 saturated carbocycles. The molecule has 0 amide bonds. The minimum atomic E-state index is -3.92. The second-order valence-electron chi connectivity index (χ2n) is 5.02. The Balaban J connectivity index is 2.66. The molecule has 0 aliphatic heterocycles. The predicted molar refractivity (Wildman–Crippen MR) is 74.2 cm³/mol. The molecule has 2 aromatic heterocycles. The number of nitrogens with zero attached hydrogens (tertiary/aromatic N) is 4. The number of nitrogens with two attached hydrogens (primary N) is 1. The lowest BCUT2D eigenvalue weighted by atomic mass is 10.2. The van der Waals surface area contributed by atoms with Crippen LogP contribution >= 0.6 is 0 Å². The van der Waals surface area contributed by atoms with Crippen LogP contribution in [0.4, 0.5) is 0 Å². The Bertz CT molecular complexity index is 721. The summed E-state index contributed by atoms with van der Waals surface area (Å²) in [6, 6.07) is 3.69. The molecule has 0 aromatic carbocycles. The van der Waals surface area contributed by atoms with Gasteiger partial charge in [-0.2, -0.15) is 0 Å². The van der Waals surface area contributed by atoms with Gasteiger partial charge in [0, 0.05) is 12.7 Å². The number of rotatable bonds is 4. The summed E-state index contributed by atoms with van der Waals surface area (Å²) >= 11 is 0. The quantitative estimate of drug-likeness (QED) is 0.904. The van der Waals surface area contributed by atoms with Crippen molar-refractivity contribution in [2.24, 2.45) is 11.1 Å². The number of aromatic nitrogens is 4. The van der Waals surface area contributed by atoms with E-state index < -0.39 is 10.0 Å². The van der Waals surface area contributed by atoms with Crippen molar-refractivity contribution in [3.63, 3.8) is 0 Å². The number of primary sulfonamides is 1. The van der Waals surface area contributed by atoms with Crippen LogP contribution in [0, 0.1) is 12.8 Å². The maximum Gasteiger partial charge on any atom is 0.273 e. The van der Waals surface area contributed by atoms with E-state index in [4.69, 9.17) is 5.14 Å². The summed E-state index contributed by atoms with van der Waals surface area (Å²) in [5.41, 5.74) is 1.50. The highest BCUT2D eigenvalue weighted by atomic mass is 32.2. The Labute approximate surface area is 117 Å². The molecule has 0 saturated heterocycles. The first-order valence-corrected chi connectivity index (χ1v) is 7.73. The molecule has 2 heterocycles. The molecule has 0 aliphatic rings. The second-order valence-corrected chi connectivity index (χ2v) is 6.48. The minimum Gasteiger partial charge on any atom is -0.295 e. The highest BCUT2D eigenvalue weighted by molar-refractivity contribution is 7.89. The molecule has 8 heteroatoms. The molecule has 0 aliphatic carbocycles. The maximum absolute atomic E-state index is 11.6. The van der Waals surface area contributed by atoms with Gasteiger partial charge in [-0.1, -0.05) is 19.9 Å². The Morgan fingerprint density at radius 3 is 2.60 bits per heavy atom. The standard InChI is InChI=1S/C12H17N5O2S/c1-8(2)7-17-11(10-9(3)5-4-6-14-10)15-16-12(17)20(13,18)19/h4-6,8H,7H2,1-3H3,(H2,13,18,19). The summed E-state index contributed by atoms with van der Waals surface area (Å²) in [5.74, 6) is 0.634. The third-order valence-corrected chi connectivity index (χ3v) is 3.55. The van der Waals surface area contributed by atoms with Crippen LogP contribution in [0.3, 0.4) is 0 Å². The van der Waals surface area contributed by atoms with Crippen LogP contribution in [0.1, 0.15) is 19.4 Å². The van der Waals surface area contributed by atoms with E-state index in [9.17, 15) is 8.42 Å². The number of pyridine rings is 1. The molecule has 2 rings (SSSR count). The van der Waals surface area contributed by atoms with Crippen molar-refractivity contribution in [2.45, 2.75) is 32.5 Å². The van der Waals surface area contributed by atoms with E-state index in [0.29, 0.717) is 18.1 Å². The van der Waals surface area contributed by atoms with Crippen molar-refractivity contribution in [1.29, 1.82) is 0 Å². The smallest absolute Gasteiger partial charge is 0.273 e. The van der Waals surface area contributed by atoms with Crippen molar-refractivity contribution in [3.8, 4) is 11.5 Å². The normalized spacial score (nSPS) is 12.1. The maximum atomic E-state index is 11.6. The van der Waals surface area contributed by atoms with E-state index in [1.165, 1.54) is 4.57 Å². The monoisotopic (exact) mass is 295 g/mol. The fraction of sp³-hybridized carbons (Fsp3) is 0.417. The van der Waals surface area contributed by atoms with E-state index in [-0.39, 0.29) is 11.1 Å². The van der Waals surface area contributed by atoms with Gasteiger partial charge in [0.15, 0.2) is 5.82 Å². The molecule has 0 bridgehead atoms. The topological polar surface area (TPSA) is 104 Å². The van der Waals surface area contributed by atoms with Crippen molar-refractivity contribution in [2.75, 3.05) is 0 Å². The molecule has 0 spiro atoms. The van der Waals surface area contributed by atoms with E-state index in [0.717, 1.165) is 5.56 Å². The Morgan fingerprint density at radius 1 is 1.35 bits per heavy atom. The van der Waals surface area contributed by atoms with E-state index in [2.05, 4.69) is 15.2 Å². The minimum absolute atomic E-state index is 0.217. The molecule has 20 heavy (non-hydrogen) atoms. The summed E-state index contributed by atoms with van der Waals surface area (Å²) in [4.78, 5) is 4.25. The summed E-state index contributed by atoms with van der Waals surface area (Å²) in [6.07, 6.45) is 1.63. The molecule has 7 nitrogen and oxygen atoms in total. The van der Waals surface area contributed by atoms with Crippen LogP contribution in [0.15, 0.2) is 23.5 Å². The molecular formula is C12H17N5O2S. The summed E-state index contributed by atoms with van der Waals surface area (Å²) < 4.78 is 24.7. The first kappa shape index (κ1) is 14.6. The van der Waals surface area contributed by atoms with Crippen LogP contribution in [0.2, 0.25) is 0 Å². The van der Waals surface area contributed by atoms with Crippen LogP contribution in [0.5, 0.6) is 0 Å². The van der Waals surface area contributed by atoms with E-state index in [1.54, 1.807) is 6.20 Å². The van der Waals surface area contributed by atoms with Gasteiger partial charge in [-0.25, -0.2) is 13.6 Å². The van der Waals surface area contributed by atoms with Gasteiger partial charge in [0.25, 0.3) is 15.2 Å². The van der Waals surface area contributed by atoms with Crippen LogP contribution in [-0.2, 0) is 16.6 Å². The number of sulfonamides is 1. The third-order valence-electron chi connectivity index (χ3n) is 2.74. The molecule has 0 unspecified atom stereocenters. The SMILES string of the molecule is Cc1cccnc1-c1nnc(S(N)(=O)=O)n1CC(C)C. The van der Waals surface area contributed by atoms with Crippen molar-refractivity contribution >= 4 is 10.0 Å². The van der Waals surface area contributed by atoms with Gasteiger partial charge in [0.05, 0.1) is 0 Å². The van der Waals surface area contributed by atoms with Gasteiger partial charge in [0.2, 0.25) is 0 Å². The average Bonchev–Trinajstić information content (AvgIpc) is 2.72. The zero-order valence-electron chi connectivity index (χ0n) is 11.6. The highest BCUT2D eigenvalue weighted by Crippen LogP contribution is 2.22. The molecule has 0 radical (unpaired) electrons. The zero-order chi connectivity index (χ0) is 14.9. The van der Waals surface area contributed by atoms with Gasteiger partial charge in [-0.15, -0.1) is 10.2 Å². The zero-order valence-corrected chi connectivity index (χ0v) is 12.4. The van der Waals surface area contributed by atoms with Crippen LogP contribution in [0.25, 0.3) is 11.5 Å². The van der Waals surface area contributed by atoms with Gasteiger partial charge in [0.1, 0.15) is 5.69 Å². The van der Waals surface area contributed by atoms with Gasteiger partial charge in [-0.3, -0.25) is 9.55 Å². The highest BCUT2D eigenvalue weighted by Gasteiger charge is 2.23. The molecule has 108 valence electrons. The second kappa shape index (κ2) is 5.29. The molecular weight excluding hydrogens is 278 g/mol. The van der Waals surface area contributed by atoms with Crippen LogP contribution in [-0.4, -0.2) is 28.2 Å². The number of hydrogen-bond acceptors (Lipinski definition) is 5. The third kappa shape index (κ3) is 2.86. The average molecular weight is 295 g/mol. The largest absolute Gasteiger partial charge is 0.295 e.